The van der Waals surface area contributed by atoms with Gasteiger partial charge in [-0.05, 0) is 71.1 Å². The van der Waals surface area contributed by atoms with Crippen molar-refractivity contribution in [3.8, 4) is 11.1 Å². The van der Waals surface area contributed by atoms with Crippen LogP contribution in [0.3, 0.4) is 0 Å². The summed E-state index contributed by atoms with van der Waals surface area (Å²) >= 11 is 0. The lowest BCUT2D eigenvalue weighted by Crippen LogP contribution is -2.53. The SMILES string of the molecule is CC(C)(C)c1cccc(-c2ccc3c(c2)COCC3NC(=O)O[C@@H]2CN3CCC2CC3)c1. The van der Waals surface area contributed by atoms with Gasteiger partial charge in [-0.1, -0.05) is 57.2 Å². The number of hydrogen-bond acceptors (Lipinski definition) is 4. The van der Waals surface area contributed by atoms with Crippen LogP contribution >= 0.6 is 0 Å². The number of alkyl carbamates (subject to hydrolysis) is 1. The fraction of sp³-hybridized carbons (Fsp3) is 0.519. The summed E-state index contributed by atoms with van der Waals surface area (Å²) < 4.78 is 11.7. The highest BCUT2D eigenvalue weighted by Gasteiger charge is 2.37. The van der Waals surface area contributed by atoms with Crippen molar-refractivity contribution in [3.05, 3.63) is 59.2 Å². The third kappa shape index (κ3) is 4.41. The first-order valence-corrected chi connectivity index (χ1v) is 11.9. The highest BCUT2D eigenvalue weighted by atomic mass is 16.6. The topological polar surface area (TPSA) is 50.8 Å². The molecule has 170 valence electrons. The number of nitrogens with one attached hydrogen (secondary N) is 1. The van der Waals surface area contributed by atoms with E-state index < -0.39 is 0 Å². The van der Waals surface area contributed by atoms with E-state index in [-0.39, 0.29) is 23.7 Å². The average molecular weight is 435 g/mol. The molecule has 2 bridgehead atoms. The van der Waals surface area contributed by atoms with Gasteiger partial charge in [0.2, 0.25) is 0 Å². The van der Waals surface area contributed by atoms with Gasteiger partial charge in [0.05, 0.1) is 19.3 Å². The van der Waals surface area contributed by atoms with Crippen molar-refractivity contribution in [1.82, 2.24) is 10.2 Å². The molecule has 6 rings (SSSR count). The lowest BCUT2D eigenvalue weighted by atomic mass is 9.85. The van der Waals surface area contributed by atoms with E-state index >= 15 is 0 Å². The maximum atomic E-state index is 12.7. The number of carbonyl (C=O) groups excluding carboxylic acids is 1. The van der Waals surface area contributed by atoms with Gasteiger partial charge >= 0.3 is 6.09 Å². The largest absolute Gasteiger partial charge is 0.445 e. The van der Waals surface area contributed by atoms with E-state index in [9.17, 15) is 4.79 Å². The summed E-state index contributed by atoms with van der Waals surface area (Å²) in [5.74, 6) is 0.507. The minimum Gasteiger partial charge on any atom is -0.445 e. The minimum absolute atomic E-state index is 0.0129. The van der Waals surface area contributed by atoms with Crippen molar-refractivity contribution in [2.24, 2.45) is 5.92 Å². The Morgan fingerprint density at radius 3 is 2.59 bits per heavy atom. The quantitative estimate of drug-likeness (QED) is 0.735. The second-order valence-corrected chi connectivity index (χ2v) is 10.5. The summed E-state index contributed by atoms with van der Waals surface area (Å²) in [6, 6.07) is 15.0. The molecule has 2 aromatic carbocycles. The lowest BCUT2D eigenvalue weighted by Gasteiger charge is -2.44. The van der Waals surface area contributed by atoms with Crippen LogP contribution in [0.1, 0.15) is 56.3 Å². The Kier molecular flexibility index (Phi) is 5.72. The molecule has 0 spiro atoms. The molecular formula is C27H34N2O3. The molecule has 2 aromatic rings. The molecule has 5 nitrogen and oxygen atoms in total. The maximum Gasteiger partial charge on any atom is 0.408 e. The third-order valence-corrected chi connectivity index (χ3v) is 7.27. The second kappa shape index (κ2) is 8.53. The van der Waals surface area contributed by atoms with E-state index in [0.717, 1.165) is 43.6 Å². The zero-order valence-electron chi connectivity index (χ0n) is 19.4. The molecule has 0 radical (unpaired) electrons. The van der Waals surface area contributed by atoms with Crippen LogP contribution < -0.4 is 5.32 Å². The van der Waals surface area contributed by atoms with E-state index in [2.05, 4.69) is 73.5 Å². The number of amides is 1. The van der Waals surface area contributed by atoms with Gasteiger partial charge in [0, 0.05) is 6.54 Å². The molecule has 2 atom stereocenters. The molecule has 4 aliphatic rings. The fourth-order valence-electron chi connectivity index (χ4n) is 5.27. The first kappa shape index (κ1) is 21.5. The molecule has 0 saturated carbocycles. The molecule has 5 heteroatoms. The highest BCUT2D eigenvalue weighted by Crippen LogP contribution is 2.33. The summed E-state index contributed by atoms with van der Waals surface area (Å²) in [6.07, 6.45) is 1.95. The summed E-state index contributed by atoms with van der Waals surface area (Å²) in [6.45, 7) is 10.9. The Hall–Kier alpha value is -2.37. The van der Waals surface area contributed by atoms with Crippen LogP contribution in [0.4, 0.5) is 4.79 Å². The normalized spacial score (nSPS) is 27.0. The zero-order chi connectivity index (χ0) is 22.3. The molecule has 0 aromatic heterocycles. The first-order valence-electron chi connectivity index (χ1n) is 11.9. The summed E-state index contributed by atoms with van der Waals surface area (Å²) in [5.41, 5.74) is 6.06. The van der Waals surface area contributed by atoms with Crippen LogP contribution in [0.5, 0.6) is 0 Å². The van der Waals surface area contributed by atoms with Crippen LogP contribution in [-0.2, 0) is 21.5 Å². The van der Waals surface area contributed by atoms with E-state index in [0.29, 0.717) is 19.1 Å². The monoisotopic (exact) mass is 434 g/mol. The number of rotatable bonds is 3. The Morgan fingerprint density at radius 2 is 1.88 bits per heavy atom. The van der Waals surface area contributed by atoms with E-state index in [1.807, 2.05) is 0 Å². The molecule has 1 N–H and O–H groups in total. The smallest absolute Gasteiger partial charge is 0.408 e. The number of nitrogens with zero attached hydrogens (tertiary/aromatic N) is 1. The van der Waals surface area contributed by atoms with Crippen molar-refractivity contribution in [2.75, 3.05) is 26.2 Å². The maximum absolute atomic E-state index is 12.7. The predicted molar refractivity (Wildman–Crippen MR) is 126 cm³/mol. The summed E-state index contributed by atoms with van der Waals surface area (Å²) in [4.78, 5) is 15.1. The standard InChI is InChI=1S/C27H34N2O3/c1-27(2,3)22-6-4-5-19(14-22)20-7-8-23-21(13-20)16-31-17-24(23)28-26(30)32-25-15-29-11-9-18(25)10-12-29/h4-8,13-14,18,24-25H,9-12,15-17H2,1-3H3,(H,28,30)/t24?,25-/m1/s1. The number of piperidine rings is 3. The van der Waals surface area contributed by atoms with Crippen LogP contribution in [0, 0.1) is 5.92 Å². The Bertz CT molecular complexity index is 989. The van der Waals surface area contributed by atoms with E-state index in [1.54, 1.807) is 0 Å². The van der Waals surface area contributed by atoms with Gasteiger partial charge in [-0.3, -0.25) is 4.90 Å². The second-order valence-electron chi connectivity index (χ2n) is 10.5. The van der Waals surface area contributed by atoms with Crippen molar-refractivity contribution in [1.29, 1.82) is 0 Å². The van der Waals surface area contributed by atoms with E-state index in [1.165, 1.54) is 16.7 Å². The Labute approximate surface area is 191 Å². The average Bonchev–Trinajstić information content (AvgIpc) is 2.79. The number of benzene rings is 2. The van der Waals surface area contributed by atoms with Crippen LogP contribution in [-0.4, -0.2) is 43.3 Å². The molecule has 4 aliphatic heterocycles. The molecule has 32 heavy (non-hydrogen) atoms. The van der Waals surface area contributed by atoms with Gasteiger partial charge in [-0.15, -0.1) is 0 Å². The van der Waals surface area contributed by atoms with Crippen molar-refractivity contribution < 1.29 is 14.3 Å². The molecule has 1 amide bonds. The van der Waals surface area contributed by atoms with E-state index in [4.69, 9.17) is 9.47 Å². The van der Waals surface area contributed by atoms with Crippen molar-refractivity contribution in [3.63, 3.8) is 0 Å². The molecule has 1 unspecified atom stereocenters. The number of carbonyl (C=O) groups is 1. The van der Waals surface area contributed by atoms with Crippen LogP contribution in [0.25, 0.3) is 11.1 Å². The third-order valence-electron chi connectivity index (χ3n) is 7.27. The number of ether oxygens (including phenoxy) is 2. The molecule has 3 fully saturated rings. The van der Waals surface area contributed by atoms with Crippen LogP contribution in [0.15, 0.2) is 42.5 Å². The molecule has 4 heterocycles. The van der Waals surface area contributed by atoms with Gasteiger partial charge in [0.1, 0.15) is 6.10 Å². The van der Waals surface area contributed by atoms with Gasteiger partial charge in [0.15, 0.2) is 0 Å². The Balaban J connectivity index is 1.30. The first-order chi connectivity index (χ1) is 15.4. The van der Waals surface area contributed by atoms with Crippen molar-refractivity contribution in [2.45, 2.75) is 57.8 Å². The summed E-state index contributed by atoms with van der Waals surface area (Å²) in [5, 5.41) is 3.07. The number of hydrogen-bond donors (Lipinski definition) is 1. The zero-order valence-corrected chi connectivity index (χ0v) is 19.4. The van der Waals surface area contributed by atoms with Crippen LogP contribution in [0.2, 0.25) is 0 Å². The Morgan fingerprint density at radius 1 is 1.09 bits per heavy atom. The molecule has 3 saturated heterocycles. The molecular weight excluding hydrogens is 400 g/mol. The summed E-state index contributed by atoms with van der Waals surface area (Å²) in [7, 11) is 0. The number of fused-ring (bicyclic) bond motifs is 4. The lowest BCUT2D eigenvalue weighted by molar-refractivity contribution is -0.0353. The van der Waals surface area contributed by atoms with Crippen molar-refractivity contribution >= 4 is 6.09 Å². The van der Waals surface area contributed by atoms with Gasteiger partial charge < -0.3 is 14.8 Å². The van der Waals surface area contributed by atoms with Gasteiger partial charge in [-0.2, -0.15) is 0 Å². The fourth-order valence-corrected chi connectivity index (χ4v) is 5.27. The predicted octanol–water partition coefficient (Wildman–Crippen LogP) is 5.04. The van der Waals surface area contributed by atoms with Gasteiger partial charge in [0.25, 0.3) is 0 Å². The van der Waals surface area contributed by atoms with Gasteiger partial charge in [-0.25, -0.2) is 4.79 Å². The highest BCUT2D eigenvalue weighted by molar-refractivity contribution is 5.69. The molecule has 0 aliphatic carbocycles. The minimum atomic E-state index is -0.327.